The summed E-state index contributed by atoms with van der Waals surface area (Å²) in [6.45, 7) is 0. The lowest BCUT2D eigenvalue weighted by atomic mass is 10.1. The second-order valence-corrected chi connectivity index (χ2v) is 10.8. The summed E-state index contributed by atoms with van der Waals surface area (Å²) in [5, 5.41) is 5.27. The number of carbonyl (C=O) groups excluding carboxylic acids is 1. The molecule has 0 spiro atoms. The largest absolute Gasteiger partial charge is 0.352 e. The molecule has 3 N–H and O–H groups in total. The van der Waals surface area contributed by atoms with Gasteiger partial charge in [0.15, 0.2) is 15.0 Å². The van der Waals surface area contributed by atoms with E-state index in [1.807, 2.05) is 35.7 Å². The van der Waals surface area contributed by atoms with Crippen molar-refractivity contribution in [3.63, 3.8) is 0 Å². The first-order chi connectivity index (χ1) is 13.8. The predicted molar refractivity (Wildman–Crippen MR) is 115 cm³/mol. The molecule has 1 aliphatic heterocycles. The predicted octanol–water partition coefficient (Wildman–Crippen LogP) is 1.23. The maximum absolute atomic E-state index is 12.8. The van der Waals surface area contributed by atoms with E-state index in [4.69, 9.17) is 5.84 Å². The molecule has 1 amide bonds. The number of benzene rings is 1. The Morgan fingerprint density at radius 2 is 2.10 bits per heavy atom. The van der Waals surface area contributed by atoms with Gasteiger partial charge in [-0.25, -0.2) is 18.1 Å². The summed E-state index contributed by atoms with van der Waals surface area (Å²) in [6, 6.07) is 9.15. The van der Waals surface area contributed by atoms with Crippen LogP contribution in [0, 0.1) is 0 Å². The lowest BCUT2D eigenvalue weighted by Gasteiger charge is -2.11. The summed E-state index contributed by atoms with van der Waals surface area (Å²) >= 11 is 2.39. The molecule has 1 aliphatic rings. The standard InChI is InChI=1S/C18H18N4O4S3/c19-22-17(24)15-13(11-4-2-1-3-5-11)8-27-16(15)21-18(22)28-9-14(23)20-12-6-7-29(25,26)10-12/h1-5,8,12H,6-7,9-10,19H2,(H,20,23)/t12-/m1/s1. The van der Waals surface area contributed by atoms with Gasteiger partial charge in [-0.15, -0.1) is 11.3 Å². The van der Waals surface area contributed by atoms with Crippen LogP contribution in [0.1, 0.15) is 6.42 Å². The van der Waals surface area contributed by atoms with Gasteiger partial charge in [0.25, 0.3) is 5.56 Å². The van der Waals surface area contributed by atoms with Gasteiger partial charge in [0, 0.05) is 17.0 Å². The molecule has 1 aromatic carbocycles. The van der Waals surface area contributed by atoms with Gasteiger partial charge in [-0.05, 0) is 12.0 Å². The van der Waals surface area contributed by atoms with Crippen LogP contribution in [0.2, 0.25) is 0 Å². The van der Waals surface area contributed by atoms with Gasteiger partial charge in [0.1, 0.15) is 4.83 Å². The van der Waals surface area contributed by atoms with Gasteiger partial charge in [0.05, 0.1) is 22.6 Å². The van der Waals surface area contributed by atoms with E-state index in [1.165, 1.54) is 11.3 Å². The smallest absolute Gasteiger partial charge is 0.282 e. The molecule has 1 atom stereocenters. The highest BCUT2D eigenvalue weighted by Gasteiger charge is 2.29. The Kier molecular flexibility index (Phi) is 5.36. The van der Waals surface area contributed by atoms with E-state index >= 15 is 0 Å². The fourth-order valence-electron chi connectivity index (χ4n) is 3.22. The fraction of sp³-hybridized carbons (Fsp3) is 0.278. The van der Waals surface area contributed by atoms with Crippen LogP contribution in [0.15, 0.2) is 45.7 Å². The van der Waals surface area contributed by atoms with E-state index in [9.17, 15) is 18.0 Å². The number of nitrogen functional groups attached to an aromatic ring is 1. The first-order valence-electron chi connectivity index (χ1n) is 8.81. The third-order valence-corrected chi connectivity index (χ3v) is 8.22. The molecule has 0 saturated carbocycles. The number of nitrogens with one attached hydrogen (secondary N) is 1. The molecule has 4 rings (SSSR count). The number of hydrogen-bond acceptors (Lipinski definition) is 8. The van der Waals surface area contributed by atoms with E-state index in [0.717, 1.165) is 27.6 Å². The topological polar surface area (TPSA) is 124 Å². The number of sulfone groups is 1. The first-order valence-corrected chi connectivity index (χ1v) is 12.5. The van der Waals surface area contributed by atoms with E-state index in [-0.39, 0.29) is 39.9 Å². The molecule has 2 aromatic heterocycles. The number of nitrogens with zero attached hydrogens (tertiary/aromatic N) is 2. The van der Waals surface area contributed by atoms with Crippen molar-refractivity contribution in [2.45, 2.75) is 17.6 Å². The number of aromatic nitrogens is 2. The van der Waals surface area contributed by atoms with Crippen LogP contribution in [0.4, 0.5) is 0 Å². The zero-order valence-corrected chi connectivity index (χ0v) is 17.6. The van der Waals surface area contributed by atoms with Crippen LogP contribution in [0.3, 0.4) is 0 Å². The second kappa shape index (κ2) is 7.81. The average molecular weight is 451 g/mol. The molecule has 3 heterocycles. The number of nitrogens with two attached hydrogens (primary N) is 1. The van der Waals surface area contributed by atoms with Gasteiger partial charge in [-0.1, -0.05) is 42.1 Å². The van der Waals surface area contributed by atoms with Crippen LogP contribution < -0.4 is 16.7 Å². The van der Waals surface area contributed by atoms with Gasteiger partial charge in [0.2, 0.25) is 5.91 Å². The molecule has 0 bridgehead atoms. The van der Waals surface area contributed by atoms with Crippen molar-refractivity contribution in [2.24, 2.45) is 0 Å². The lowest BCUT2D eigenvalue weighted by molar-refractivity contribution is -0.119. The average Bonchev–Trinajstić information content (AvgIpc) is 3.27. The van der Waals surface area contributed by atoms with Crippen LogP contribution in [-0.4, -0.2) is 47.3 Å². The molecule has 0 unspecified atom stereocenters. The van der Waals surface area contributed by atoms with Crippen LogP contribution in [0.5, 0.6) is 0 Å². The zero-order chi connectivity index (χ0) is 20.6. The summed E-state index contributed by atoms with van der Waals surface area (Å²) in [4.78, 5) is 30.0. The van der Waals surface area contributed by atoms with Crippen molar-refractivity contribution >= 4 is 49.1 Å². The molecule has 8 nitrogen and oxygen atoms in total. The van der Waals surface area contributed by atoms with Crippen molar-refractivity contribution in [2.75, 3.05) is 23.1 Å². The maximum atomic E-state index is 12.8. The minimum atomic E-state index is -3.06. The third kappa shape index (κ3) is 4.16. The minimum Gasteiger partial charge on any atom is -0.352 e. The summed E-state index contributed by atoms with van der Waals surface area (Å²) in [5.74, 6) is 5.68. The molecule has 1 fully saturated rings. The third-order valence-electron chi connectivity index (χ3n) is 4.62. The van der Waals surface area contributed by atoms with Crippen molar-refractivity contribution in [3.8, 4) is 11.1 Å². The highest BCUT2D eigenvalue weighted by molar-refractivity contribution is 7.99. The molecule has 3 aromatic rings. The van der Waals surface area contributed by atoms with Crippen molar-refractivity contribution in [1.82, 2.24) is 15.0 Å². The van der Waals surface area contributed by atoms with E-state index in [2.05, 4.69) is 10.3 Å². The number of rotatable bonds is 5. The van der Waals surface area contributed by atoms with Crippen molar-refractivity contribution in [1.29, 1.82) is 0 Å². The van der Waals surface area contributed by atoms with Crippen LogP contribution in [-0.2, 0) is 14.6 Å². The Morgan fingerprint density at radius 1 is 1.34 bits per heavy atom. The molecule has 1 saturated heterocycles. The first kappa shape index (κ1) is 19.9. The summed E-state index contributed by atoms with van der Waals surface area (Å²) in [7, 11) is -3.06. The Morgan fingerprint density at radius 3 is 2.79 bits per heavy atom. The van der Waals surface area contributed by atoms with Gasteiger partial charge in [-0.3, -0.25) is 9.59 Å². The Balaban J connectivity index is 1.52. The molecule has 152 valence electrons. The van der Waals surface area contributed by atoms with Crippen LogP contribution >= 0.6 is 23.1 Å². The summed E-state index contributed by atoms with van der Waals surface area (Å²) in [5.41, 5.74) is 1.31. The maximum Gasteiger partial charge on any atom is 0.282 e. The SMILES string of the molecule is Nn1c(SCC(=O)N[C@@H]2CCS(=O)(=O)C2)nc2scc(-c3ccccc3)c2c1=O. The van der Waals surface area contributed by atoms with Crippen molar-refractivity contribution < 1.29 is 13.2 Å². The Labute approximate surface area is 175 Å². The highest BCUT2D eigenvalue weighted by atomic mass is 32.2. The van der Waals surface area contributed by atoms with E-state index in [0.29, 0.717) is 16.6 Å². The van der Waals surface area contributed by atoms with Gasteiger partial charge in [-0.2, -0.15) is 0 Å². The Hall–Kier alpha value is -2.37. The normalized spacial score (nSPS) is 18.1. The number of amides is 1. The lowest BCUT2D eigenvalue weighted by Crippen LogP contribution is -2.37. The highest BCUT2D eigenvalue weighted by Crippen LogP contribution is 2.31. The number of fused-ring (bicyclic) bond motifs is 1. The van der Waals surface area contributed by atoms with Crippen molar-refractivity contribution in [3.05, 3.63) is 46.1 Å². The zero-order valence-electron chi connectivity index (χ0n) is 15.2. The van der Waals surface area contributed by atoms with Crippen LogP contribution in [0.25, 0.3) is 21.3 Å². The molecule has 0 aliphatic carbocycles. The minimum absolute atomic E-state index is 0.0113. The molecule has 0 radical (unpaired) electrons. The fourth-order valence-corrected chi connectivity index (χ4v) is 6.62. The van der Waals surface area contributed by atoms with Gasteiger partial charge >= 0.3 is 0 Å². The molecular formula is C18H18N4O4S3. The number of thioether (sulfide) groups is 1. The summed E-state index contributed by atoms with van der Waals surface area (Å²) in [6.07, 6.45) is 0.419. The summed E-state index contributed by atoms with van der Waals surface area (Å²) < 4.78 is 23.9. The van der Waals surface area contributed by atoms with Gasteiger partial charge < -0.3 is 11.2 Å². The van der Waals surface area contributed by atoms with E-state index in [1.54, 1.807) is 0 Å². The number of hydrogen-bond donors (Lipinski definition) is 2. The molecular weight excluding hydrogens is 432 g/mol. The molecule has 29 heavy (non-hydrogen) atoms. The quantitative estimate of drug-likeness (QED) is 0.340. The van der Waals surface area contributed by atoms with E-state index < -0.39 is 9.84 Å². The Bertz CT molecular complexity index is 1240. The second-order valence-electron chi connectivity index (χ2n) is 6.72. The number of carbonyl (C=O) groups is 1. The monoisotopic (exact) mass is 450 g/mol. The molecule has 11 heteroatoms. The number of thiophene rings is 1.